The van der Waals surface area contributed by atoms with Gasteiger partial charge in [-0.05, 0) is 37.7 Å². The number of fused-ring (bicyclic) bond motifs is 1. The molecule has 0 N–H and O–H groups in total. The van der Waals surface area contributed by atoms with E-state index in [1.807, 2.05) is 36.3 Å². The van der Waals surface area contributed by atoms with Crippen LogP contribution in [0.3, 0.4) is 0 Å². The number of amides is 1. The Balaban J connectivity index is 1.40. The number of nitriles is 1. The second-order valence-corrected chi connectivity index (χ2v) is 9.24. The van der Waals surface area contributed by atoms with Gasteiger partial charge < -0.3 is 4.74 Å². The van der Waals surface area contributed by atoms with Gasteiger partial charge in [-0.3, -0.25) is 14.4 Å². The summed E-state index contributed by atoms with van der Waals surface area (Å²) in [4.78, 5) is 20.2. The Bertz CT molecular complexity index is 1230. The van der Waals surface area contributed by atoms with Crippen LogP contribution in [0.15, 0.2) is 30.9 Å². The number of rotatable bonds is 4. The first-order valence-electron chi connectivity index (χ1n) is 11.3. The Morgan fingerprint density at radius 1 is 1.19 bits per heavy atom. The molecule has 9 heteroatoms. The summed E-state index contributed by atoms with van der Waals surface area (Å²) in [5, 5.41) is 19.0. The Labute approximate surface area is 185 Å². The van der Waals surface area contributed by atoms with E-state index < -0.39 is 5.41 Å². The fourth-order valence-electron chi connectivity index (χ4n) is 5.35. The van der Waals surface area contributed by atoms with Gasteiger partial charge in [-0.2, -0.15) is 15.5 Å². The molecule has 1 aliphatic carbocycles. The number of carbonyl (C=O) groups is 1. The minimum atomic E-state index is -0.942. The molecule has 2 saturated heterocycles. The van der Waals surface area contributed by atoms with E-state index in [1.165, 1.54) is 0 Å². The average molecular weight is 432 g/mol. The molecule has 0 bridgehead atoms. The fourth-order valence-corrected chi connectivity index (χ4v) is 5.35. The lowest BCUT2D eigenvalue weighted by Crippen LogP contribution is -2.37. The van der Waals surface area contributed by atoms with Crippen LogP contribution in [-0.4, -0.2) is 50.0 Å². The predicted molar refractivity (Wildman–Crippen MR) is 116 cm³/mol. The molecule has 3 fully saturated rings. The van der Waals surface area contributed by atoms with Crippen molar-refractivity contribution in [3.8, 4) is 17.3 Å². The topological polar surface area (TPSA) is 101 Å². The lowest BCUT2D eigenvalue weighted by molar-refractivity contribution is -0.124. The molecule has 1 amide bonds. The molecule has 3 aliphatic rings. The Morgan fingerprint density at radius 2 is 2.00 bits per heavy atom. The maximum absolute atomic E-state index is 13.6. The second-order valence-electron chi connectivity index (χ2n) is 9.24. The number of hydrogen-bond donors (Lipinski definition) is 0. The normalized spacial score (nSPS) is 26.7. The van der Waals surface area contributed by atoms with Gasteiger partial charge >= 0.3 is 0 Å². The highest BCUT2D eigenvalue weighted by molar-refractivity contribution is 6.04. The summed E-state index contributed by atoms with van der Waals surface area (Å²) in [6.45, 7) is 3.99. The molecule has 164 valence electrons. The molecule has 3 aromatic rings. The van der Waals surface area contributed by atoms with Crippen LogP contribution in [0.1, 0.15) is 38.6 Å². The zero-order valence-electron chi connectivity index (χ0n) is 18.0. The van der Waals surface area contributed by atoms with Gasteiger partial charge in [0.25, 0.3) is 0 Å². The summed E-state index contributed by atoms with van der Waals surface area (Å²) >= 11 is 0. The van der Waals surface area contributed by atoms with E-state index in [9.17, 15) is 10.1 Å². The van der Waals surface area contributed by atoms with E-state index in [0.29, 0.717) is 24.1 Å². The van der Waals surface area contributed by atoms with Crippen molar-refractivity contribution in [2.24, 2.45) is 17.3 Å². The molecule has 0 aromatic carbocycles. The van der Waals surface area contributed by atoms with Crippen LogP contribution in [0.25, 0.3) is 16.8 Å². The number of carbonyl (C=O) groups excluding carboxylic acids is 1. The number of anilines is 1. The van der Waals surface area contributed by atoms with E-state index in [2.05, 4.69) is 16.3 Å². The van der Waals surface area contributed by atoms with Crippen molar-refractivity contribution in [3.63, 3.8) is 0 Å². The van der Waals surface area contributed by atoms with E-state index >= 15 is 0 Å². The van der Waals surface area contributed by atoms with Crippen LogP contribution in [-0.2, 0) is 9.53 Å². The van der Waals surface area contributed by atoms with Crippen LogP contribution >= 0.6 is 0 Å². The van der Waals surface area contributed by atoms with Gasteiger partial charge in [0.05, 0.1) is 36.4 Å². The molecular weight excluding hydrogens is 406 g/mol. The molecule has 0 unspecified atom stereocenters. The number of ether oxygens (including phenoxy) is 1. The van der Waals surface area contributed by atoms with E-state index in [-0.39, 0.29) is 17.7 Å². The van der Waals surface area contributed by atoms with Crippen molar-refractivity contribution in [2.75, 3.05) is 24.7 Å². The molecule has 1 saturated carbocycles. The number of nitrogens with zero attached hydrogens (tertiary/aromatic N) is 7. The molecule has 3 aromatic heterocycles. The highest BCUT2D eigenvalue weighted by Gasteiger charge is 2.61. The zero-order valence-corrected chi connectivity index (χ0v) is 18.0. The standard InChI is InChI=1S/C23H25N7O2/c1-15-11-28(22(31)23(15,14-24)17-2-3-17)21-20-4-7-25-30(20)13-19(27-21)16-10-26-29(12-16)18-5-8-32-9-6-18/h4,7,10,12-13,15,17-18H,2-3,5-6,8-9,11H2,1H3/t15-,23+/m1/s1. The summed E-state index contributed by atoms with van der Waals surface area (Å²) in [5.74, 6) is 0.549. The van der Waals surface area contributed by atoms with E-state index in [0.717, 1.165) is 50.0 Å². The summed E-state index contributed by atoms with van der Waals surface area (Å²) in [6, 6.07) is 4.58. The third-order valence-electron chi connectivity index (χ3n) is 7.33. The van der Waals surface area contributed by atoms with Crippen LogP contribution in [0.4, 0.5) is 5.82 Å². The van der Waals surface area contributed by atoms with Gasteiger partial charge in [-0.25, -0.2) is 9.50 Å². The van der Waals surface area contributed by atoms with Crippen LogP contribution < -0.4 is 4.90 Å². The molecule has 32 heavy (non-hydrogen) atoms. The largest absolute Gasteiger partial charge is 0.381 e. The molecule has 2 aliphatic heterocycles. The third kappa shape index (κ3) is 2.79. The van der Waals surface area contributed by atoms with Gasteiger partial charge in [-0.15, -0.1) is 0 Å². The molecule has 6 rings (SSSR count). The summed E-state index contributed by atoms with van der Waals surface area (Å²) in [5.41, 5.74) is 1.40. The summed E-state index contributed by atoms with van der Waals surface area (Å²) < 4.78 is 9.21. The van der Waals surface area contributed by atoms with Crippen molar-refractivity contribution in [1.82, 2.24) is 24.4 Å². The van der Waals surface area contributed by atoms with Gasteiger partial charge in [0.15, 0.2) is 5.82 Å². The minimum absolute atomic E-state index is 0.0443. The molecular formula is C23H25N7O2. The molecule has 0 spiro atoms. The Morgan fingerprint density at radius 3 is 2.75 bits per heavy atom. The first kappa shape index (κ1) is 19.4. The summed E-state index contributed by atoms with van der Waals surface area (Å²) in [6.07, 6.45) is 11.2. The van der Waals surface area contributed by atoms with Crippen molar-refractivity contribution in [1.29, 1.82) is 5.26 Å². The molecule has 5 heterocycles. The maximum atomic E-state index is 13.6. The van der Waals surface area contributed by atoms with Crippen LogP contribution in [0, 0.1) is 28.6 Å². The van der Waals surface area contributed by atoms with Crippen molar-refractivity contribution in [3.05, 3.63) is 30.9 Å². The second kappa shape index (κ2) is 7.14. The number of hydrogen-bond acceptors (Lipinski definition) is 6. The smallest absolute Gasteiger partial charge is 0.249 e. The monoisotopic (exact) mass is 431 g/mol. The quantitative estimate of drug-likeness (QED) is 0.630. The zero-order chi connectivity index (χ0) is 21.9. The molecule has 0 radical (unpaired) electrons. The molecule has 2 atom stereocenters. The van der Waals surface area contributed by atoms with Gasteiger partial charge in [-0.1, -0.05) is 6.92 Å². The first-order chi connectivity index (χ1) is 15.6. The van der Waals surface area contributed by atoms with Crippen molar-refractivity contribution >= 4 is 17.2 Å². The van der Waals surface area contributed by atoms with Crippen molar-refractivity contribution in [2.45, 2.75) is 38.6 Å². The SMILES string of the molecule is C[C@@H]1CN(c2nc(-c3cnn(C4CCOCC4)c3)cn3nccc23)C(=O)[C@]1(C#N)C1CC1. The van der Waals surface area contributed by atoms with Crippen LogP contribution in [0.5, 0.6) is 0 Å². The fraction of sp³-hybridized carbons (Fsp3) is 0.522. The maximum Gasteiger partial charge on any atom is 0.249 e. The van der Waals surface area contributed by atoms with E-state index in [4.69, 9.17) is 9.72 Å². The van der Waals surface area contributed by atoms with Crippen LogP contribution in [0.2, 0.25) is 0 Å². The minimum Gasteiger partial charge on any atom is -0.381 e. The average Bonchev–Trinajstić information content (AvgIpc) is 3.26. The van der Waals surface area contributed by atoms with Gasteiger partial charge in [0.2, 0.25) is 5.91 Å². The lowest BCUT2D eigenvalue weighted by atomic mass is 9.75. The van der Waals surface area contributed by atoms with Gasteiger partial charge in [0, 0.05) is 37.4 Å². The highest BCUT2D eigenvalue weighted by Crippen LogP contribution is 2.54. The Hall–Kier alpha value is -3.25. The predicted octanol–water partition coefficient (Wildman–Crippen LogP) is 2.85. The first-order valence-corrected chi connectivity index (χ1v) is 11.3. The van der Waals surface area contributed by atoms with Gasteiger partial charge in [0.1, 0.15) is 10.9 Å². The summed E-state index contributed by atoms with van der Waals surface area (Å²) in [7, 11) is 0. The Kier molecular flexibility index (Phi) is 4.33. The van der Waals surface area contributed by atoms with E-state index in [1.54, 1.807) is 15.6 Å². The lowest BCUT2D eigenvalue weighted by Gasteiger charge is -2.23. The highest BCUT2D eigenvalue weighted by atomic mass is 16.5. The van der Waals surface area contributed by atoms with Crippen molar-refractivity contribution < 1.29 is 9.53 Å². The molecule has 9 nitrogen and oxygen atoms in total. The third-order valence-corrected chi connectivity index (χ3v) is 7.33. The number of aromatic nitrogens is 5.